The second-order valence-corrected chi connectivity index (χ2v) is 10.5. The number of rotatable bonds is 4. The Bertz CT molecular complexity index is 873. The van der Waals surface area contributed by atoms with Gasteiger partial charge in [-0.15, -0.1) is 0 Å². The molecule has 1 saturated heterocycles. The van der Waals surface area contributed by atoms with E-state index in [1.165, 1.54) is 35.2 Å². The molecule has 1 N–H and O–H groups in total. The van der Waals surface area contributed by atoms with E-state index in [4.69, 9.17) is 0 Å². The second kappa shape index (κ2) is 8.45. The van der Waals surface area contributed by atoms with Gasteiger partial charge >= 0.3 is 0 Å². The number of hydrogen-bond donors (Lipinski definition) is 1. The van der Waals surface area contributed by atoms with E-state index in [1.54, 1.807) is 0 Å². The molecule has 0 amide bonds. The van der Waals surface area contributed by atoms with E-state index in [-0.39, 0.29) is 5.92 Å². The summed E-state index contributed by atoms with van der Waals surface area (Å²) in [5, 5.41) is 9.99. The Balaban J connectivity index is 1.61. The van der Waals surface area contributed by atoms with Crippen LogP contribution in [0.2, 0.25) is 0 Å². The first-order chi connectivity index (χ1) is 14.3. The molecular weight excluding hydrogens is 370 g/mol. The Morgan fingerprint density at radius 2 is 1.73 bits per heavy atom. The summed E-state index contributed by atoms with van der Waals surface area (Å²) in [6, 6.07) is 15.1. The zero-order chi connectivity index (χ0) is 21.3. The van der Waals surface area contributed by atoms with Gasteiger partial charge in [0.25, 0.3) is 0 Å². The number of carbonyl (C=O) groups excluding carboxylic acids is 1. The highest BCUT2D eigenvalue weighted by molar-refractivity contribution is 5.56. The predicted molar refractivity (Wildman–Crippen MR) is 123 cm³/mol. The molecule has 4 rings (SSSR count). The number of hydrogen-bond acceptors (Lipinski definition) is 3. The molecule has 0 spiro atoms. The fourth-order valence-corrected chi connectivity index (χ4v) is 5.52. The van der Waals surface area contributed by atoms with E-state index in [9.17, 15) is 9.90 Å². The van der Waals surface area contributed by atoms with Gasteiger partial charge in [0.1, 0.15) is 12.0 Å². The third kappa shape index (κ3) is 4.55. The third-order valence-corrected chi connectivity index (χ3v) is 6.94. The molecule has 3 nitrogen and oxygen atoms in total. The average molecular weight is 406 g/mol. The standard InChI is InChI=1S/C27H35NO2/c1-27(2,3)17-22-5-4-21-16-24(30)10-11-25(21)26(22)20-6-8-23(9-7-20)28-14-12-19(18-29)13-15-28/h6-11,16,18-19,22,26,30H,4-5,12-15,17H2,1-3H3/t22-,26+/m1/s1. The van der Waals surface area contributed by atoms with E-state index in [0.29, 0.717) is 23.0 Å². The lowest BCUT2D eigenvalue weighted by atomic mass is 9.67. The number of anilines is 1. The van der Waals surface area contributed by atoms with E-state index >= 15 is 0 Å². The fourth-order valence-electron chi connectivity index (χ4n) is 5.52. The SMILES string of the molecule is CC(C)(C)C[C@H]1CCc2cc(O)ccc2[C@H]1c1ccc(N2CCC(C=O)CC2)cc1. The first kappa shape index (κ1) is 21.0. The number of phenols is 1. The summed E-state index contributed by atoms with van der Waals surface area (Å²) in [5.41, 5.74) is 5.61. The summed E-state index contributed by atoms with van der Waals surface area (Å²) in [5.74, 6) is 1.59. The first-order valence-corrected chi connectivity index (χ1v) is 11.5. The number of nitrogens with zero attached hydrogens (tertiary/aromatic N) is 1. The number of piperidine rings is 1. The smallest absolute Gasteiger partial charge is 0.123 e. The lowest BCUT2D eigenvalue weighted by Crippen LogP contribution is -2.34. The summed E-state index contributed by atoms with van der Waals surface area (Å²) in [6.07, 6.45) is 6.44. The topological polar surface area (TPSA) is 40.5 Å². The zero-order valence-corrected chi connectivity index (χ0v) is 18.6. The molecule has 160 valence electrons. The predicted octanol–water partition coefficient (Wildman–Crippen LogP) is 5.94. The average Bonchev–Trinajstić information content (AvgIpc) is 2.73. The highest BCUT2D eigenvalue weighted by Crippen LogP contribution is 2.46. The Hall–Kier alpha value is -2.29. The van der Waals surface area contributed by atoms with Crippen molar-refractivity contribution >= 4 is 12.0 Å². The summed E-state index contributed by atoms with van der Waals surface area (Å²) >= 11 is 0. The normalized spacial score (nSPS) is 22.6. The van der Waals surface area contributed by atoms with Gasteiger partial charge in [-0.3, -0.25) is 0 Å². The van der Waals surface area contributed by atoms with Gasteiger partial charge in [0, 0.05) is 30.6 Å². The number of fused-ring (bicyclic) bond motifs is 1. The van der Waals surface area contributed by atoms with Crippen molar-refractivity contribution in [3.8, 4) is 5.75 Å². The van der Waals surface area contributed by atoms with Crippen LogP contribution in [0.1, 0.15) is 69.1 Å². The van der Waals surface area contributed by atoms with Crippen molar-refractivity contribution in [2.24, 2.45) is 17.3 Å². The van der Waals surface area contributed by atoms with Crippen molar-refractivity contribution in [3.63, 3.8) is 0 Å². The van der Waals surface area contributed by atoms with E-state index in [0.717, 1.165) is 38.6 Å². The second-order valence-electron chi connectivity index (χ2n) is 10.5. The van der Waals surface area contributed by atoms with Gasteiger partial charge in [0.15, 0.2) is 0 Å². The van der Waals surface area contributed by atoms with Gasteiger partial charge in [-0.05, 0) is 84.4 Å². The highest BCUT2D eigenvalue weighted by atomic mass is 16.3. The van der Waals surface area contributed by atoms with Crippen LogP contribution >= 0.6 is 0 Å². The van der Waals surface area contributed by atoms with Crippen molar-refractivity contribution in [1.29, 1.82) is 0 Å². The molecule has 1 aliphatic heterocycles. The molecule has 1 aliphatic carbocycles. The van der Waals surface area contributed by atoms with Crippen LogP contribution in [0.25, 0.3) is 0 Å². The Labute approximate surface area is 181 Å². The molecule has 1 heterocycles. The van der Waals surface area contributed by atoms with Crippen LogP contribution in [0.5, 0.6) is 5.75 Å². The largest absolute Gasteiger partial charge is 0.508 e. The monoisotopic (exact) mass is 405 g/mol. The lowest BCUT2D eigenvalue weighted by molar-refractivity contribution is -0.111. The van der Waals surface area contributed by atoms with Gasteiger partial charge in [-0.2, -0.15) is 0 Å². The summed E-state index contributed by atoms with van der Waals surface area (Å²) < 4.78 is 0. The molecule has 30 heavy (non-hydrogen) atoms. The van der Waals surface area contributed by atoms with Gasteiger partial charge in [-0.1, -0.05) is 39.0 Å². The summed E-state index contributed by atoms with van der Waals surface area (Å²) in [4.78, 5) is 13.4. The van der Waals surface area contributed by atoms with Crippen LogP contribution in [-0.4, -0.2) is 24.5 Å². The molecule has 0 unspecified atom stereocenters. The molecule has 2 aromatic carbocycles. The number of aldehydes is 1. The van der Waals surface area contributed by atoms with Crippen molar-refractivity contribution < 1.29 is 9.90 Å². The van der Waals surface area contributed by atoms with E-state index in [1.807, 2.05) is 12.1 Å². The van der Waals surface area contributed by atoms with Crippen molar-refractivity contribution in [2.75, 3.05) is 18.0 Å². The molecule has 0 radical (unpaired) electrons. The lowest BCUT2D eigenvalue weighted by Gasteiger charge is -2.38. The number of carbonyl (C=O) groups is 1. The van der Waals surface area contributed by atoms with Crippen LogP contribution in [0.15, 0.2) is 42.5 Å². The van der Waals surface area contributed by atoms with Crippen molar-refractivity contribution in [2.45, 2.75) is 58.8 Å². The van der Waals surface area contributed by atoms with Crippen molar-refractivity contribution in [3.05, 3.63) is 59.2 Å². The molecule has 2 atom stereocenters. The van der Waals surface area contributed by atoms with Crippen molar-refractivity contribution in [1.82, 2.24) is 0 Å². The van der Waals surface area contributed by atoms with Crippen LogP contribution < -0.4 is 4.90 Å². The fraction of sp³-hybridized carbons (Fsp3) is 0.519. The van der Waals surface area contributed by atoms with Crippen LogP contribution in [0.3, 0.4) is 0 Å². The number of aromatic hydroxyl groups is 1. The maximum Gasteiger partial charge on any atom is 0.123 e. The van der Waals surface area contributed by atoms with Gasteiger partial charge in [0.2, 0.25) is 0 Å². The first-order valence-electron chi connectivity index (χ1n) is 11.5. The molecule has 3 heteroatoms. The van der Waals surface area contributed by atoms with E-state index in [2.05, 4.69) is 56.0 Å². The summed E-state index contributed by atoms with van der Waals surface area (Å²) in [7, 11) is 0. The summed E-state index contributed by atoms with van der Waals surface area (Å²) in [6.45, 7) is 8.93. The molecular formula is C27H35NO2. The minimum atomic E-state index is 0.230. The maximum atomic E-state index is 11.0. The molecule has 1 fully saturated rings. The minimum Gasteiger partial charge on any atom is -0.508 e. The number of benzene rings is 2. The Kier molecular flexibility index (Phi) is 5.90. The van der Waals surface area contributed by atoms with Gasteiger partial charge < -0.3 is 14.8 Å². The quantitative estimate of drug-likeness (QED) is 0.640. The van der Waals surface area contributed by atoms with Crippen LogP contribution in [0, 0.1) is 17.3 Å². The minimum absolute atomic E-state index is 0.230. The highest BCUT2D eigenvalue weighted by Gasteiger charge is 2.33. The molecule has 0 bridgehead atoms. The maximum absolute atomic E-state index is 11.0. The molecule has 2 aromatic rings. The van der Waals surface area contributed by atoms with E-state index < -0.39 is 0 Å². The Morgan fingerprint density at radius 1 is 1.03 bits per heavy atom. The zero-order valence-electron chi connectivity index (χ0n) is 18.6. The third-order valence-electron chi connectivity index (χ3n) is 6.94. The van der Waals surface area contributed by atoms with Gasteiger partial charge in [-0.25, -0.2) is 0 Å². The number of phenolic OH excluding ortho intramolecular Hbond substituents is 1. The molecule has 0 aromatic heterocycles. The molecule has 0 saturated carbocycles. The Morgan fingerprint density at radius 3 is 2.37 bits per heavy atom. The van der Waals surface area contributed by atoms with Gasteiger partial charge in [0.05, 0.1) is 0 Å². The van der Waals surface area contributed by atoms with Crippen LogP contribution in [0.4, 0.5) is 5.69 Å². The van der Waals surface area contributed by atoms with Crippen LogP contribution in [-0.2, 0) is 11.2 Å². The number of aryl methyl sites for hydroxylation is 1. The molecule has 2 aliphatic rings.